The molecule has 3 rings (SSSR count). The lowest BCUT2D eigenvalue weighted by molar-refractivity contribution is -0.130. The molecule has 0 saturated heterocycles. The van der Waals surface area contributed by atoms with Crippen molar-refractivity contribution in [1.82, 2.24) is 0 Å². The summed E-state index contributed by atoms with van der Waals surface area (Å²) in [7, 11) is 1.59. The van der Waals surface area contributed by atoms with Gasteiger partial charge in [0.05, 0.1) is 12.7 Å². The first-order chi connectivity index (χ1) is 10.7. The lowest BCUT2D eigenvalue weighted by atomic mass is 10.1. The number of ether oxygens (including phenoxy) is 2. The highest BCUT2D eigenvalue weighted by molar-refractivity contribution is 6.05. The highest BCUT2D eigenvalue weighted by Crippen LogP contribution is 2.28. The van der Waals surface area contributed by atoms with E-state index in [1.165, 1.54) is 12.1 Å². The molecule has 1 aliphatic heterocycles. The smallest absolute Gasteiger partial charge is 0.343 e. The topological polar surface area (TPSA) is 35.5 Å². The van der Waals surface area contributed by atoms with Gasteiger partial charge in [-0.05, 0) is 54.1 Å². The Morgan fingerprint density at radius 3 is 2.36 bits per heavy atom. The SMILES string of the molecule is COc1ccc(C2=C/C(=C\c3ccc(F)cc3)C(=O)O2)cc1. The van der Waals surface area contributed by atoms with Gasteiger partial charge in [0.1, 0.15) is 17.3 Å². The molecule has 0 saturated carbocycles. The minimum atomic E-state index is -0.421. The van der Waals surface area contributed by atoms with Crippen LogP contribution in [0.25, 0.3) is 11.8 Å². The zero-order valence-corrected chi connectivity index (χ0v) is 11.9. The molecule has 1 heterocycles. The van der Waals surface area contributed by atoms with Gasteiger partial charge < -0.3 is 9.47 Å². The highest BCUT2D eigenvalue weighted by Gasteiger charge is 2.21. The summed E-state index contributed by atoms with van der Waals surface area (Å²) < 4.78 is 23.2. The van der Waals surface area contributed by atoms with Crippen molar-refractivity contribution < 1.29 is 18.7 Å². The van der Waals surface area contributed by atoms with Gasteiger partial charge in [-0.3, -0.25) is 0 Å². The minimum Gasteiger partial charge on any atom is -0.497 e. The van der Waals surface area contributed by atoms with Gasteiger partial charge in [0.15, 0.2) is 0 Å². The summed E-state index contributed by atoms with van der Waals surface area (Å²) in [5.74, 6) is 0.484. The number of carbonyl (C=O) groups is 1. The van der Waals surface area contributed by atoms with Crippen LogP contribution in [0.3, 0.4) is 0 Å². The Labute approximate surface area is 127 Å². The number of benzene rings is 2. The molecule has 0 spiro atoms. The van der Waals surface area contributed by atoms with Crippen molar-refractivity contribution in [1.29, 1.82) is 0 Å². The third kappa shape index (κ3) is 2.91. The van der Waals surface area contributed by atoms with Crippen LogP contribution in [-0.4, -0.2) is 13.1 Å². The van der Waals surface area contributed by atoms with E-state index in [1.54, 1.807) is 43.5 Å². The Hall–Kier alpha value is -2.88. The molecule has 0 bridgehead atoms. The maximum Gasteiger partial charge on any atom is 0.343 e. The molecule has 1 aliphatic rings. The summed E-state index contributed by atoms with van der Waals surface area (Å²) >= 11 is 0. The standard InChI is InChI=1S/C18H13FO3/c1-21-16-8-4-13(5-9-16)17-11-14(18(20)22-17)10-12-2-6-15(19)7-3-12/h2-11H,1H3/b14-10+. The molecule has 22 heavy (non-hydrogen) atoms. The molecule has 3 nitrogen and oxygen atoms in total. The Morgan fingerprint density at radius 2 is 1.73 bits per heavy atom. The first kappa shape index (κ1) is 14.1. The van der Waals surface area contributed by atoms with Crippen molar-refractivity contribution in [3.8, 4) is 5.75 Å². The number of halogens is 1. The monoisotopic (exact) mass is 296 g/mol. The predicted molar refractivity (Wildman–Crippen MR) is 81.4 cm³/mol. The van der Waals surface area contributed by atoms with Crippen LogP contribution in [-0.2, 0) is 9.53 Å². The zero-order valence-electron chi connectivity index (χ0n) is 11.9. The second kappa shape index (κ2) is 5.85. The van der Waals surface area contributed by atoms with Gasteiger partial charge in [-0.1, -0.05) is 12.1 Å². The molecule has 110 valence electrons. The van der Waals surface area contributed by atoms with E-state index in [0.717, 1.165) is 16.9 Å². The normalized spacial score (nSPS) is 15.6. The largest absolute Gasteiger partial charge is 0.497 e. The summed E-state index contributed by atoms with van der Waals surface area (Å²) in [5.41, 5.74) is 1.95. The average molecular weight is 296 g/mol. The molecule has 0 aromatic heterocycles. The van der Waals surface area contributed by atoms with Gasteiger partial charge in [0, 0.05) is 5.56 Å². The van der Waals surface area contributed by atoms with Gasteiger partial charge >= 0.3 is 5.97 Å². The van der Waals surface area contributed by atoms with Crippen molar-refractivity contribution in [3.05, 3.63) is 77.1 Å². The van der Waals surface area contributed by atoms with Crippen molar-refractivity contribution in [2.45, 2.75) is 0 Å². The van der Waals surface area contributed by atoms with Crippen molar-refractivity contribution in [3.63, 3.8) is 0 Å². The summed E-state index contributed by atoms with van der Waals surface area (Å²) in [5, 5.41) is 0. The van der Waals surface area contributed by atoms with Crippen LogP contribution in [0.5, 0.6) is 5.75 Å². The van der Waals surface area contributed by atoms with E-state index in [0.29, 0.717) is 11.3 Å². The van der Waals surface area contributed by atoms with Gasteiger partial charge in [0.2, 0.25) is 0 Å². The van der Waals surface area contributed by atoms with Crippen LogP contribution >= 0.6 is 0 Å². The average Bonchev–Trinajstić information content (AvgIpc) is 2.91. The summed E-state index contributed by atoms with van der Waals surface area (Å²) in [6, 6.07) is 13.1. The maximum atomic E-state index is 12.9. The van der Waals surface area contributed by atoms with Gasteiger partial charge in [-0.15, -0.1) is 0 Å². The molecule has 2 aromatic carbocycles. The lowest BCUT2D eigenvalue weighted by Crippen LogP contribution is -1.97. The molecule has 0 N–H and O–H groups in total. The predicted octanol–water partition coefficient (Wildman–Crippen LogP) is 3.82. The lowest BCUT2D eigenvalue weighted by Gasteiger charge is -2.03. The Morgan fingerprint density at radius 1 is 1.05 bits per heavy atom. The van der Waals surface area contributed by atoms with Crippen LogP contribution < -0.4 is 4.74 Å². The number of hydrogen-bond donors (Lipinski definition) is 0. The Kier molecular flexibility index (Phi) is 3.74. The molecule has 0 radical (unpaired) electrons. The van der Waals surface area contributed by atoms with E-state index >= 15 is 0 Å². The Balaban J connectivity index is 1.88. The zero-order chi connectivity index (χ0) is 15.5. The van der Waals surface area contributed by atoms with Crippen LogP contribution in [0.2, 0.25) is 0 Å². The van der Waals surface area contributed by atoms with Gasteiger partial charge in [-0.25, -0.2) is 9.18 Å². The van der Waals surface area contributed by atoms with Crippen molar-refractivity contribution in [2.24, 2.45) is 0 Å². The maximum absolute atomic E-state index is 12.9. The van der Waals surface area contributed by atoms with Crippen molar-refractivity contribution in [2.75, 3.05) is 7.11 Å². The number of cyclic esters (lactones) is 1. The Bertz CT molecular complexity index is 756. The molecule has 0 unspecified atom stereocenters. The molecule has 4 heteroatoms. The fourth-order valence-corrected chi connectivity index (χ4v) is 2.13. The van der Waals surface area contributed by atoms with E-state index in [9.17, 15) is 9.18 Å². The van der Waals surface area contributed by atoms with E-state index in [-0.39, 0.29) is 5.82 Å². The highest BCUT2D eigenvalue weighted by atomic mass is 19.1. The van der Waals surface area contributed by atoms with E-state index in [2.05, 4.69) is 0 Å². The third-order valence-electron chi connectivity index (χ3n) is 3.29. The van der Waals surface area contributed by atoms with E-state index in [4.69, 9.17) is 9.47 Å². The van der Waals surface area contributed by atoms with E-state index in [1.807, 2.05) is 12.1 Å². The molecule has 2 aromatic rings. The number of hydrogen-bond acceptors (Lipinski definition) is 3. The fraction of sp³-hybridized carbons (Fsp3) is 0.0556. The second-order valence-corrected chi connectivity index (χ2v) is 4.78. The van der Waals surface area contributed by atoms with Gasteiger partial charge in [-0.2, -0.15) is 0 Å². The molecule has 0 atom stereocenters. The first-order valence-corrected chi connectivity index (χ1v) is 6.71. The summed E-state index contributed by atoms with van der Waals surface area (Å²) in [6.07, 6.45) is 3.34. The quantitative estimate of drug-likeness (QED) is 0.638. The number of rotatable bonds is 3. The van der Waals surface area contributed by atoms with Crippen molar-refractivity contribution >= 4 is 17.8 Å². The molecule has 0 amide bonds. The third-order valence-corrected chi connectivity index (χ3v) is 3.29. The van der Waals surface area contributed by atoms with Crippen LogP contribution in [0, 0.1) is 5.82 Å². The number of methoxy groups -OCH3 is 1. The number of esters is 1. The molecule has 0 fully saturated rings. The molecular formula is C18H13FO3. The van der Waals surface area contributed by atoms with Crippen LogP contribution in [0.4, 0.5) is 4.39 Å². The fourth-order valence-electron chi connectivity index (χ4n) is 2.13. The van der Waals surface area contributed by atoms with Crippen LogP contribution in [0.15, 0.2) is 60.2 Å². The second-order valence-electron chi connectivity index (χ2n) is 4.78. The summed E-state index contributed by atoms with van der Waals surface area (Å²) in [6.45, 7) is 0. The van der Waals surface area contributed by atoms with Crippen LogP contribution in [0.1, 0.15) is 11.1 Å². The first-order valence-electron chi connectivity index (χ1n) is 6.71. The molecular weight excluding hydrogens is 283 g/mol. The minimum absolute atomic E-state index is 0.314. The summed E-state index contributed by atoms with van der Waals surface area (Å²) in [4.78, 5) is 11.9. The van der Waals surface area contributed by atoms with E-state index < -0.39 is 5.97 Å². The number of carbonyl (C=O) groups excluding carboxylic acids is 1. The molecule has 0 aliphatic carbocycles. The van der Waals surface area contributed by atoms with Gasteiger partial charge in [0.25, 0.3) is 0 Å².